The standard InChI is InChI=1S/C75H136O6/c1-4-7-10-13-16-19-22-25-28-31-33-35-37-39-41-44-47-50-53-56-59-62-65-68-74(77)80-71-72(70-79-73(76)67-64-61-58-55-52-49-46-43-30-27-24-21-18-15-12-9-6-3)81-75(78)69-66-63-60-57-54-51-48-45-42-40-38-36-34-32-29-26-23-20-17-14-11-8-5-2/h22-23,25-27,30-34,72H,4-21,24,28-29,35-71H2,1-3H3/b25-22-,26-23-,30-27-,33-31-,34-32-. The van der Waals surface area contributed by atoms with Gasteiger partial charge < -0.3 is 14.2 Å². The lowest BCUT2D eigenvalue weighted by Crippen LogP contribution is -2.30. The average molecular weight is 1130 g/mol. The van der Waals surface area contributed by atoms with Crippen molar-refractivity contribution in [2.75, 3.05) is 13.2 Å². The van der Waals surface area contributed by atoms with Crippen molar-refractivity contribution in [2.24, 2.45) is 0 Å². The summed E-state index contributed by atoms with van der Waals surface area (Å²) in [7, 11) is 0. The fraction of sp³-hybridized carbons (Fsp3) is 0.827. The zero-order valence-electron chi connectivity index (χ0n) is 54.3. The van der Waals surface area contributed by atoms with Crippen LogP contribution < -0.4 is 0 Å². The Morgan fingerprint density at radius 3 is 0.691 bits per heavy atom. The molecule has 0 bridgehead atoms. The second-order valence-corrected chi connectivity index (χ2v) is 24.1. The minimum atomic E-state index is -0.780. The van der Waals surface area contributed by atoms with Gasteiger partial charge in [-0.3, -0.25) is 14.4 Å². The summed E-state index contributed by atoms with van der Waals surface area (Å²) in [6.45, 7) is 6.67. The zero-order chi connectivity index (χ0) is 58.5. The van der Waals surface area contributed by atoms with Crippen molar-refractivity contribution in [3.05, 3.63) is 60.8 Å². The second kappa shape index (κ2) is 69.6. The number of carbonyl (C=O) groups excluding carboxylic acids is 3. The maximum absolute atomic E-state index is 13.0. The summed E-state index contributed by atoms with van der Waals surface area (Å²) in [6.07, 6.45) is 89.5. The summed E-state index contributed by atoms with van der Waals surface area (Å²) in [5, 5.41) is 0. The van der Waals surface area contributed by atoms with E-state index in [9.17, 15) is 14.4 Å². The van der Waals surface area contributed by atoms with E-state index < -0.39 is 6.10 Å². The predicted molar refractivity (Wildman–Crippen MR) is 353 cm³/mol. The zero-order valence-corrected chi connectivity index (χ0v) is 54.3. The molecule has 0 fully saturated rings. The van der Waals surface area contributed by atoms with Crippen LogP contribution in [0.25, 0.3) is 0 Å². The van der Waals surface area contributed by atoms with Crippen molar-refractivity contribution in [2.45, 2.75) is 386 Å². The first-order chi connectivity index (χ1) is 40.0. The Kier molecular flexibility index (Phi) is 67.1. The Hall–Kier alpha value is -2.89. The molecule has 0 spiro atoms. The first-order valence-electron chi connectivity index (χ1n) is 35.8. The van der Waals surface area contributed by atoms with Crippen molar-refractivity contribution in [3.8, 4) is 0 Å². The molecule has 0 heterocycles. The largest absolute Gasteiger partial charge is 0.462 e. The summed E-state index contributed by atoms with van der Waals surface area (Å²) >= 11 is 0. The molecule has 6 heteroatoms. The lowest BCUT2D eigenvalue weighted by Gasteiger charge is -2.18. The third-order valence-electron chi connectivity index (χ3n) is 16.0. The van der Waals surface area contributed by atoms with Crippen molar-refractivity contribution in [1.82, 2.24) is 0 Å². The molecule has 1 unspecified atom stereocenters. The SMILES string of the molecule is CCCCCCC/C=C\C/C=C\CCCCCCCCCCCCCC(=O)OCC(COC(=O)CCCCCCCCC/C=C\CCCCCCCC)OC(=O)CCCCCCCCCCCCC/C=C\C/C=C\CCCCCCC. The van der Waals surface area contributed by atoms with Gasteiger partial charge in [0.15, 0.2) is 6.10 Å². The van der Waals surface area contributed by atoms with Crippen LogP contribution >= 0.6 is 0 Å². The molecular formula is C75H136O6. The van der Waals surface area contributed by atoms with Crippen LogP contribution in [0.15, 0.2) is 60.8 Å². The third kappa shape index (κ3) is 67.8. The van der Waals surface area contributed by atoms with E-state index in [1.807, 2.05) is 0 Å². The van der Waals surface area contributed by atoms with E-state index in [0.717, 1.165) is 70.6 Å². The van der Waals surface area contributed by atoms with Gasteiger partial charge in [-0.05, 0) is 109 Å². The molecule has 0 N–H and O–H groups in total. The van der Waals surface area contributed by atoms with Gasteiger partial charge in [0.1, 0.15) is 13.2 Å². The fourth-order valence-corrected chi connectivity index (χ4v) is 10.6. The highest BCUT2D eigenvalue weighted by molar-refractivity contribution is 5.71. The van der Waals surface area contributed by atoms with Gasteiger partial charge in [-0.2, -0.15) is 0 Å². The number of carbonyl (C=O) groups is 3. The highest BCUT2D eigenvalue weighted by Gasteiger charge is 2.19. The van der Waals surface area contributed by atoms with Crippen molar-refractivity contribution < 1.29 is 28.6 Å². The molecule has 0 aliphatic carbocycles. The molecule has 1 atom stereocenters. The fourth-order valence-electron chi connectivity index (χ4n) is 10.6. The molecule has 472 valence electrons. The topological polar surface area (TPSA) is 78.9 Å². The maximum atomic E-state index is 13.0. The van der Waals surface area contributed by atoms with Crippen LogP contribution in [0.1, 0.15) is 380 Å². The van der Waals surface area contributed by atoms with Crippen LogP contribution in [0.5, 0.6) is 0 Å². The number of esters is 3. The number of hydrogen-bond acceptors (Lipinski definition) is 6. The van der Waals surface area contributed by atoms with Gasteiger partial charge in [0.2, 0.25) is 0 Å². The molecule has 6 nitrogen and oxygen atoms in total. The van der Waals surface area contributed by atoms with Gasteiger partial charge in [-0.25, -0.2) is 0 Å². The predicted octanol–water partition coefficient (Wildman–Crippen LogP) is 24.7. The summed E-state index contributed by atoms with van der Waals surface area (Å²) in [6, 6.07) is 0. The molecule has 0 saturated heterocycles. The molecule has 0 aromatic rings. The molecule has 0 rings (SSSR count). The monoisotopic (exact) mass is 1130 g/mol. The quantitative estimate of drug-likeness (QED) is 0.0261. The molecular weight excluding hydrogens is 997 g/mol. The molecule has 0 aliphatic rings. The molecule has 0 radical (unpaired) electrons. The van der Waals surface area contributed by atoms with Crippen molar-refractivity contribution >= 4 is 17.9 Å². The number of ether oxygens (including phenoxy) is 3. The van der Waals surface area contributed by atoms with Gasteiger partial charge in [0, 0.05) is 19.3 Å². The van der Waals surface area contributed by atoms with E-state index in [-0.39, 0.29) is 31.1 Å². The first-order valence-corrected chi connectivity index (χ1v) is 35.8. The van der Waals surface area contributed by atoms with E-state index in [4.69, 9.17) is 14.2 Å². The van der Waals surface area contributed by atoms with Gasteiger partial charge in [0.25, 0.3) is 0 Å². The van der Waals surface area contributed by atoms with Gasteiger partial charge in [-0.15, -0.1) is 0 Å². The highest BCUT2D eigenvalue weighted by atomic mass is 16.6. The lowest BCUT2D eigenvalue weighted by atomic mass is 10.0. The minimum Gasteiger partial charge on any atom is -0.462 e. The Bertz CT molecular complexity index is 1440. The normalized spacial score (nSPS) is 12.4. The van der Waals surface area contributed by atoms with E-state index in [1.165, 1.54) is 270 Å². The number of rotatable bonds is 66. The summed E-state index contributed by atoms with van der Waals surface area (Å²) in [5.74, 6) is -0.859. The smallest absolute Gasteiger partial charge is 0.306 e. The van der Waals surface area contributed by atoms with E-state index in [2.05, 4.69) is 81.5 Å². The second-order valence-electron chi connectivity index (χ2n) is 24.1. The summed E-state index contributed by atoms with van der Waals surface area (Å²) < 4.78 is 17.0. The minimum absolute atomic E-state index is 0.0747. The average Bonchev–Trinajstić information content (AvgIpc) is 3.47. The van der Waals surface area contributed by atoms with Crippen LogP contribution in [0, 0.1) is 0 Å². The highest BCUT2D eigenvalue weighted by Crippen LogP contribution is 2.17. The Labute approximate surface area is 504 Å². The first kappa shape index (κ1) is 78.1. The van der Waals surface area contributed by atoms with Crippen LogP contribution in [-0.2, 0) is 28.6 Å². The van der Waals surface area contributed by atoms with Crippen LogP contribution in [0.4, 0.5) is 0 Å². The van der Waals surface area contributed by atoms with Crippen LogP contribution in [-0.4, -0.2) is 37.2 Å². The molecule has 0 saturated carbocycles. The van der Waals surface area contributed by atoms with Crippen LogP contribution in [0.3, 0.4) is 0 Å². The molecule has 0 aliphatic heterocycles. The Morgan fingerprint density at radius 2 is 0.444 bits per heavy atom. The van der Waals surface area contributed by atoms with Gasteiger partial charge in [-0.1, -0.05) is 313 Å². The van der Waals surface area contributed by atoms with Crippen molar-refractivity contribution in [1.29, 1.82) is 0 Å². The third-order valence-corrected chi connectivity index (χ3v) is 16.0. The molecule has 0 aromatic carbocycles. The van der Waals surface area contributed by atoms with E-state index >= 15 is 0 Å². The maximum Gasteiger partial charge on any atom is 0.306 e. The number of hydrogen-bond donors (Lipinski definition) is 0. The van der Waals surface area contributed by atoms with Crippen LogP contribution in [0.2, 0.25) is 0 Å². The molecule has 0 amide bonds. The Morgan fingerprint density at radius 1 is 0.247 bits per heavy atom. The number of allylic oxidation sites excluding steroid dienone is 10. The van der Waals surface area contributed by atoms with Crippen molar-refractivity contribution in [3.63, 3.8) is 0 Å². The van der Waals surface area contributed by atoms with Gasteiger partial charge >= 0.3 is 17.9 Å². The number of unbranched alkanes of at least 4 members (excludes halogenated alkanes) is 45. The summed E-state index contributed by atoms with van der Waals surface area (Å²) in [4.78, 5) is 38.5. The Balaban J connectivity index is 4.34. The molecule has 0 aromatic heterocycles. The van der Waals surface area contributed by atoms with E-state index in [0.29, 0.717) is 19.3 Å². The summed E-state index contributed by atoms with van der Waals surface area (Å²) in [5.41, 5.74) is 0. The van der Waals surface area contributed by atoms with E-state index in [1.54, 1.807) is 0 Å². The molecule has 81 heavy (non-hydrogen) atoms. The van der Waals surface area contributed by atoms with Gasteiger partial charge in [0.05, 0.1) is 0 Å². The lowest BCUT2D eigenvalue weighted by molar-refractivity contribution is -0.167.